The van der Waals surface area contributed by atoms with Gasteiger partial charge in [0.05, 0.1) is 5.57 Å². The summed E-state index contributed by atoms with van der Waals surface area (Å²) < 4.78 is 0. The summed E-state index contributed by atoms with van der Waals surface area (Å²) >= 11 is 0. The molecule has 0 radical (unpaired) electrons. The average Bonchev–Trinajstić information content (AvgIpc) is 2.98. The van der Waals surface area contributed by atoms with E-state index < -0.39 is 5.91 Å². The number of nitroso groups, excluding NO2 is 1. The molecule has 0 unspecified atom stereocenters. The summed E-state index contributed by atoms with van der Waals surface area (Å²) in [6, 6.07) is 8.41. The predicted octanol–water partition coefficient (Wildman–Crippen LogP) is 4.56. The lowest BCUT2D eigenvalue weighted by Gasteiger charge is -2.14. The van der Waals surface area contributed by atoms with Crippen molar-refractivity contribution in [2.24, 2.45) is 12.2 Å². The van der Waals surface area contributed by atoms with Gasteiger partial charge in [0.1, 0.15) is 11.4 Å². The van der Waals surface area contributed by atoms with E-state index in [1.165, 1.54) is 21.5 Å². The Labute approximate surface area is 162 Å². The van der Waals surface area contributed by atoms with Crippen LogP contribution in [0.2, 0.25) is 0 Å². The largest absolute Gasteiger partial charge is 0.318 e. The van der Waals surface area contributed by atoms with Crippen LogP contribution in [0, 0.1) is 4.91 Å². The first-order valence-corrected chi connectivity index (χ1v) is 9.25. The van der Waals surface area contributed by atoms with Gasteiger partial charge in [0.2, 0.25) is 0 Å². The normalized spacial score (nSPS) is 16.2. The van der Waals surface area contributed by atoms with Gasteiger partial charge in [-0.3, -0.25) is 4.79 Å². The molecule has 0 fully saturated rings. The first-order chi connectivity index (χ1) is 13.6. The molecule has 1 heterocycles. The molecule has 0 N–H and O–H groups in total. The fourth-order valence-corrected chi connectivity index (χ4v) is 3.69. The second kappa shape index (κ2) is 7.31. The zero-order valence-corrected chi connectivity index (χ0v) is 15.8. The van der Waals surface area contributed by atoms with Crippen LogP contribution >= 0.6 is 0 Å². The number of amides is 1. The number of carbonyl (C=O) groups excluding carboxylic acids is 1. The summed E-state index contributed by atoms with van der Waals surface area (Å²) in [5.74, 6) is -0.821. The van der Waals surface area contributed by atoms with Crippen LogP contribution in [-0.4, -0.2) is 20.9 Å². The van der Waals surface area contributed by atoms with Crippen molar-refractivity contribution in [1.29, 1.82) is 0 Å². The Bertz CT molecular complexity index is 1080. The van der Waals surface area contributed by atoms with Crippen molar-refractivity contribution in [2.45, 2.75) is 26.2 Å². The number of aromatic nitrogens is 3. The molecule has 1 amide bonds. The maximum atomic E-state index is 11.9. The Kier molecular flexibility index (Phi) is 4.69. The lowest BCUT2D eigenvalue weighted by Crippen LogP contribution is -2.00. The van der Waals surface area contributed by atoms with E-state index in [0.29, 0.717) is 17.8 Å². The summed E-state index contributed by atoms with van der Waals surface area (Å²) in [6.45, 7) is 2.15. The van der Waals surface area contributed by atoms with Crippen LogP contribution < -0.4 is 0 Å². The number of aryl methyl sites for hydroxylation is 1. The van der Waals surface area contributed by atoms with E-state index >= 15 is 0 Å². The number of rotatable bonds is 3. The lowest BCUT2D eigenvalue weighted by molar-refractivity contribution is -0.112. The number of benzene rings is 1. The van der Waals surface area contributed by atoms with Crippen molar-refractivity contribution in [3.05, 3.63) is 75.5 Å². The summed E-state index contributed by atoms with van der Waals surface area (Å²) in [5.41, 5.74) is 7.01. The highest BCUT2D eigenvalue weighted by Gasteiger charge is 2.23. The zero-order valence-electron chi connectivity index (χ0n) is 15.8. The molecule has 2 aliphatic rings. The zero-order chi connectivity index (χ0) is 19.7. The fraction of sp³-hybridized carbons (Fsp3) is 0.227. The van der Waals surface area contributed by atoms with Crippen LogP contribution in [0.1, 0.15) is 48.7 Å². The van der Waals surface area contributed by atoms with Crippen LogP contribution in [0.15, 0.2) is 53.2 Å². The molecule has 140 valence electrons. The fourth-order valence-electron chi connectivity index (χ4n) is 3.69. The number of hydrogen-bond donors (Lipinski definition) is 0. The van der Waals surface area contributed by atoms with E-state index in [1.54, 1.807) is 13.1 Å². The third kappa shape index (κ3) is 3.29. The minimum Gasteiger partial charge on any atom is -0.263 e. The van der Waals surface area contributed by atoms with Crippen molar-refractivity contribution in [3.8, 4) is 0 Å². The van der Waals surface area contributed by atoms with Crippen molar-refractivity contribution >= 4 is 28.7 Å². The molecule has 2 aromatic rings. The molecule has 6 heteroatoms. The van der Waals surface area contributed by atoms with Gasteiger partial charge in [-0.05, 0) is 60.1 Å². The topological polar surface area (TPSA) is 77.2 Å². The highest BCUT2D eigenvalue weighted by Crippen LogP contribution is 2.33. The molecule has 0 bridgehead atoms. The summed E-state index contributed by atoms with van der Waals surface area (Å²) in [7, 11) is 1.68. The van der Waals surface area contributed by atoms with E-state index in [-0.39, 0.29) is 5.57 Å². The van der Waals surface area contributed by atoms with Crippen molar-refractivity contribution in [3.63, 3.8) is 0 Å². The minimum absolute atomic E-state index is 0.203. The van der Waals surface area contributed by atoms with Crippen molar-refractivity contribution < 1.29 is 4.79 Å². The van der Waals surface area contributed by atoms with Gasteiger partial charge in [-0.1, -0.05) is 42.5 Å². The number of carbonyl (C=O) groups is 1. The van der Waals surface area contributed by atoms with Gasteiger partial charge < -0.3 is 0 Å². The van der Waals surface area contributed by atoms with Gasteiger partial charge in [0.15, 0.2) is 0 Å². The van der Waals surface area contributed by atoms with E-state index in [2.05, 4.69) is 58.7 Å². The van der Waals surface area contributed by atoms with E-state index in [9.17, 15) is 9.70 Å². The van der Waals surface area contributed by atoms with Gasteiger partial charge in [0, 0.05) is 12.2 Å². The Morgan fingerprint density at radius 1 is 1.04 bits per heavy atom. The van der Waals surface area contributed by atoms with Gasteiger partial charge in [-0.15, -0.1) is 4.91 Å². The highest BCUT2D eigenvalue weighted by atomic mass is 16.3. The molecule has 1 aromatic heterocycles. The second-order valence-corrected chi connectivity index (χ2v) is 6.97. The third-order valence-electron chi connectivity index (χ3n) is 5.10. The molecule has 6 nitrogen and oxygen atoms in total. The summed E-state index contributed by atoms with van der Waals surface area (Å²) in [5, 5.41) is 11.1. The lowest BCUT2D eigenvalue weighted by atomic mass is 9.91. The Hall–Kier alpha value is -3.41. The number of fused-ring (bicyclic) bond motifs is 1. The molecule has 0 saturated heterocycles. The van der Waals surface area contributed by atoms with Crippen LogP contribution in [0.5, 0.6) is 0 Å². The monoisotopic (exact) mass is 372 g/mol. The number of hydrogen-bond acceptors (Lipinski definition) is 4. The Balaban J connectivity index is 1.70. The molecular formula is C22H20N4O2. The van der Waals surface area contributed by atoms with Crippen molar-refractivity contribution in [1.82, 2.24) is 15.0 Å². The molecule has 0 atom stereocenters. The number of nitrogens with zero attached hydrogens (tertiary/aromatic N) is 4. The van der Waals surface area contributed by atoms with Gasteiger partial charge in [0.25, 0.3) is 0 Å². The van der Waals surface area contributed by atoms with Crippen LogP contribution in [0.4, 0.5) is 0 Å². The third-order valence-corrected chi connectivity index (χ3v) is 5.10. The van der Waals surface area contributed by atoms with Crippen LogP contribution in [-0.2, 0) is 11.8 Å². The molecule has 4 rings (SSSR count). The molecule has 1 aromatic carbocycles. The first-order valence-electron chi connectivity index (χ1n) is 9.25. The number of allylic oxidation sites excluding steroid dienone is 6. The van der Waals surface area contributed by atoms with E-state index in [0.717, 1.165) is 24.0 Å². The van der Waals surface area contributed by atoms with Crippen LogP contribution in [0.3, 0.4) is 0 Å². The van der Waals surface area contributed by atoms with Gasteiger partial charge in [-0.2, -0.15) is 15.0 Å². The molecular weight excluding hydrogens is 352 g/mol. The predicted molar refractivity (Wildman–Crippen MR) is 110 cm³/mol. The van der Waals surface area contributed by atoms with Gasteiger partial charge in [-0.25, -0.2) is 0 Å². The standard InChI is InChI=1S/C22H20N4O2/c1-14-5-3-4-6-18(14)16-9-7-15(8-10-16)17-11-12-19(22(27)25-28)21-20(13-17)23-26(2)24-21/h5-10,12-13H,3-4,11H2,1-2H3. The Morgan fingerprint density at radius 2 is 1.75 bits per heavy atom. The molecule has 0 aliphatic heterocycles. The maximum absolute atomic E-state index is 11.9. The molecule has 0 saturated carbocycles. The summed E-state index contributed by atoms with van der Waals surface area (Å²) in [6.07, 6.45) is 10.9. The smallest absolute Gasteiger partial charge is 0.263 e. The minimum atomic E-state index is -0.821. The van der Waals surface area contributed by atoms with Crippen molar-refractivity contribution in [2.75, 3.05) is 0 Å². The average molecular weight is 372 g/mol. The molecule has 0 spiro atoms. The van der Waals surface area contributed by atoms with Crippen LogP contribution in [0.25, 0.3) is 22.8 Å². The van der Waals surface area contributed by atoms with Gasteiger partial charge >= 0.3 is 5.91 Å². The molecule has 2 aliphatic carbocycles. The maximum Gasteiger partial charge on any atom is 0.318 e. The highest BCUT2D eigenvalue weighted by molar-refractivity contribution is 6.20. The quantitative estimate of drug-likeness (QED) is 0.740. The van der Waals surface area contributed by atoms with E-state index in [4.69, 9.17) is 0 Å². The second-order valence-electron chi connectivity index (χ2n) is 6.97. The summed E-state index contributed by atoms with van der Waals surface area (Å²) in [4.78, 5) is 24.1. The Morgan fingerprint density at radius 3 is 2.46 bits per heavy atom. The SMILES string of the molecule is CC1=CCCC=C1c1ccc(C2=Cc3nn(C)nc3C(C(=O)N=O)=CC2)cc1. The van der Waals surface area contributed by atoms with E-state index in [1.807, 2.05) is 6.08 Å². The molecule has 28 heavy (non-hydrogen) atoms. The first kappa shape index (κ1) is 18.0.